The molecule has 2 aromatic heterocycles. The second-order valence-corrected chi connectivity index (χ2v) is 11.2. The van der Waals surface area contributed by atoms with Crippen molar-refractivity contribution in [2.75, 3.05) is 23.7 Å². The van der Waals surface area contributed by atoms with Gasteiger partial charge in [0.2, 0.25) is 5.82 Å². The molecule has 0 aliphatic carbocycles. The molecule has 3 aromatic rings. The molecule has 0 aliphatic rings. The zero-order valence-corrected chi connectivity index (χ0v) is 27.0. The van der Waals surface area contributed by atoms with Gasteiger partial charge < -0.3 is 10.6 Å². The maximum atomic E-state index is 11.6. The van der Waals surface area contributed by atoms with Gasteiger partial charge in [0, 0.05) is 24.7 Å². The first-order valence-electron chi connectivity index (χ1n) is 15.9. The Kier molecular flexibility index (Phi) is 13.4. The minimum atomic E-state index is -0.507. The lowest BCUT2D eigenvalue weighted by atomic mass is 9.99. The molecule has 45 heavy (non-hydrogen) atoms. The summed E-state index contributed by atoms with van der Waals surface area (Å²) in [7, 11) is 0. The quantitative estimate of drug-likeness (QED) is 0.0814. The Morgan fingerprint density at radius 2 is 1.58 bits per heavy atom. The Bertz CT molecular complexity index is 1550. The number of pyridine rings is 1. The number of azo groups is 1. The molecule has 1 aromatic carbocycles. The molecule has 0 fully saturated rings. The third kappa shape index (κ3) is 9.08. The Morgan fingerprint density at radius 1 is 0.956 bits per heavy atom. The molecule has 0 aliphatic heterocycles. The summed E-state index contributed by atoms with van der Waals surface area (Å²) >= 11 is 0. The number of unbranched alkanes of at least 4 members (excludes halogenated alkanes) is 2. The monoisotopic (exact) mass is 612 g/mol. The van der Waals surface area contributed by atoms with Gasteiger partial charge in [-0.05, 0) is 37.7 Å². The van der Waals surface area contributed by atoms with Gasteiger partial charge in [-0.25, -0.2) is 9.67 Å². The molecule has 12 nitrogen and oxygen atoms in total. The SMILES string of the molecule is CCCCC(CC)CNc1nc(NCC(CC)CCCC)c(N=Nc2nn(-c3ccccc3[N+](=O)[O-])cc2C#N)c(C)c1C#N. The van der Waals surface area contributed by atoms with Gasteiger partial charge in [0.25, 0.3) is 5.69 Å². The minimum Gasteiger partial charge on any atom is -0.369 e. The van der Waals surface area contributed by atoms with E-state index in [0.29, 0.717) is 53.4 Å². The Morgan fingerprint density at radius 3 is 2.13 bits per heavy atom. The number of nitrogens with one attached hydrogen (secondary N) is 2. The first-order chi connectivity index (χ1) is 21.8. The number of hydrogen-bond acceptors (Lipinski definition) is 10. The highest BCUT2D eigenvalue weighted by Gasteiger charge is 2.21. The van der Waals surface area contributed by atoms with E-state index in [9.17, 15) is 20.6 Å². The van der Waals surface area contributed by atoms with Gasteiger partial charge in [-0.1, -0.05) is 78.4 Å². The maximum absolute atomic E-state index is 11.6. The maximum Gasteiger partial charge on any atom is 0.294 e. The molecular formula is C33H44N10O2. The van der Waals surface area contributed by atoms with Gasteiger partial charge in [-0.15, -0.1) is 15.3 Å². The molecule has 0 amide bonds. The van der Waals surface area contributed by atoms with Gasteiger partial charge >= 0.3 is 0 Å². The fourth-order valence-corrected chi connectivity index (χ4v) is 5.12. The molecule has 0 spiro atoms. The highest BCUT2D eigenvalue weighted by Crippen LogP contribution is 2.36. The molecule has 0 bridgehead atoms. The second kappa shape index (κ2) is 17.5. The van der Waals surface area contributed by atoms with Crippen molar-refractivity contribution < 1.29 is 4.92 Å². The van der Waals surface area contributed by atoms with Crippen LogP contribution in [0.5, 0.6) is 0 Å². The molecule has 238 valence electrons. The highest BCUT2D eigenvalue weighted by atomic mass is 16.6. The van der Waals surface area contributed by atoms with Crippen LogP contribution in [0, 0.1) is 51.5 Å². The summed E-state index contributed by atoms with van der Waals surface area (Å²) in [6, 6.07) is 10.5. The molecule has 2 heterocycles. The average Bonchev–Trinajstić information content (AvgIpc) is 3.47. The summed E-state index contributed by atoms with van der Waals surface area (Å²) in [5.74, 6) is 1.90. The lowest BCUT2D eigenvalue weighted by molar-refractivity contribution is -0.384. The average molecular weight is 613 g/mol. The van der Waals surface area contributed by atoms with Crippen LogP contribution in [0.1, 0.15) is 95.8 Å². The number of anilines is 2. The predicted octanol–water partition coefficient (Wildman–Crippen LogP) is 8.90. The number of nitro benzene ring substituents is 1. The summed E-state index contributed by atoms with van der Waals surface area (Å²) in [6.45, 7) is 11.9. The topological polar surface area (TPSA) is 170 Å². The van der Waals surface area contributed by atoms with Crippen LogP contribution in [-0.4, -0.2) is 32.8 Å². The fraction of sp³-hybridized carbons (Fsp3) is 0.515. The molecule has 0 saturated heterocycles. The van der Waals surface area contributed by atoms with Crippen LogP contribution in [0.3, 0.4) is 0 Å². The van der Waals surface area contributed by atoms with Gasteiger partial charge in [-0.2, -0.15) is 10.5 Å². The van der Waals surface area contributed by atoms with Gasteiger partial charge in [0.1, 0.15) is 34.9 Å². The molecule has 2 N–H and O–H groups in total. The molecule has 3 rings (SSSR count). The fourth-order valence-electron chi connectivity index (χ4n) is 5.12. The van der Waals surface area contributed by atoms with E-state index >= 15 is 0 Å². The molecule has 0 radical (unpaired) electrons. The summed E-state index contributed by atoms with van der Waals surface area (Å²) in [5.41, 5.74) is 1.49. The zero-order chi connectivity index (χ0) is 32.8. The number of nitro groups is 1. The van der Waals surface area contributed by atoms with E-state index in [1.165, 1.54) is 16.9 Å². The minimum absolute atomic E-state index is 0.00203. The Hall–Kier alpha value is -4.84. The summed E-state index contributed by atoms with van der Waals surface area (Å²) in [4.78, 5) is 15.9. The molecule has 0 saturated carbocycles. The van der Waals surface area contributed by atoms with Crippen LogP contribution < -0.4 is 10.6 Å². The number of nitrogens with zero attached hydrogens (tertiary/aromatic N) is 8. The van der Waals surface area contributed by atoms with Crippen LogP contribution in [0.25, 0.3) is 5.69 Å². The van der Waals surface area contributed by atoms with E-state index < -0.39 is 4.92 Å². The number of nitriles is 2. The number of aromatic nitrogens is 3. The van der Waals surface area contributed by atoms with Crippen molar-refractivity contribution in [2.24, 2.45) is 22.1 Å². The Labute approximate surface area is 265 Å². The number of para-hydroxylation sites is 2. The van der Waals surface area contributed by atoms with Gasteiger partial charge in [0.15, 0.2) is 5.82 Å². The van der Waals surface area contributed by atoms with Crippen molar-refractivity contribution in [1.82, 2.24) is 14.8 Å². The van der Waals surface area contributed by atoms with Crippen LogP contribution in [-0.2, 0) is 0 Å². The molecular weight excluding hydrogens is 568 g/mol. The van der Waals surface area contributed by atoms with Crippen molar-refractivity contribution in [3.05, 3.63) is 57.3 Å². The first-order valence-corrected chi connectivity index (χ1v) is 15.9. The van der Waals surface area contributed by atoms with Crippen molar-refractivity contribution in [3.63, 3.8) is 0 Å². The number of hydrogen-bond donors (Lipinski definition) is 2. The van der Waals surface area contributed by atoms with Crippen molar-refractivity contribution in [1.29, 1.82) is 10.5 Å². The van der Waals surface area contributed by atoms with Crippen LogP contribution in [0.15, 0.2) is 40.7 Å². The molecule has 12 heteroatoms. The standard InChI is InChI=1S/C33H44N10O2/c1-6-10-14-24(8-3)20-36-32-27(19-35)23(5)30(33(38-32)37-21-25(9-4)15-11-7-2)39-40-31-26(18-34)22-42(41-31)28-16-12-13-17-29(28)43(44)45/h12-13,16-17,22,24-25H,6-11,14-15,20-21H2,1-5H3,(H2,36,37,38). The van der Waals surface area contributed by atoms with E-state index in [-0.39, 0.29) is 22.8 Å². The lowest BCUT2D eigenvalue weighted by Crippen LogP contribution is -2.18. The van der Waals surface area contributed by atoms with Gasteiger partial charge in [0.05, 0.1) is 16.7 Å². The highest BCUT2D eigenvalue weighted by molar-refractivity contribution is 5.74. The number of benzene rings is 1. The summed E-state index contributed by atoms with van der Waals surface area (Å²) in [6.07, 6.45) is 10.2. The normalized spacial score (nSPS) is 12.4. The smallest absolute Gasteiger partial charge is 0.294 e. The summed E-state index contributed by atoms with van der Waals surface area (Å²) in [5, 5.41) is 51.6. The van der Waals surface area contributed by atoms with Crippen molar-refractivity contribution in [3.8, 4) is 17.8 Å². The number of rotatable bonds is 18. The first kappa shape index (κ1) is 34.6. The van der Waals surface area contributed by atoms with E-state index in [0.717, 1.165) is 51.4 Å². The molecule has 2 unspecified atom stereocenters. The van der Waals surface area contributed by atoms with E-state index in [2.05, 4.69) is 59.7 Å². The largest absolute Gasteiger partial charge is 0.369 e. The van der Waals surface area contributed by atoms with Crippen molar-refractivity contribution in [2.45, 2.75) is 86.0 Å². The lowest BCUT2D eigenvalue weighted by Gasteiger charge is -2.20. The third-order valence-electron chi connectivity index (χ3n) is 8.11. The van der Waals surface area contributed by atoms with Crippen LogP contribution in [0.4, 0.5) is 28.8 Å². The van der Waals surface area contributed by atoms with Crippen LogP contribution in [0.2, 0.25) is 0 Å². The van der Waals surface area contributed by atoms with Crippen molar-refractivity contribution >= 4 is 28.8 Å². The second-order valence-electron chi connectivity index (χ2n) is 11.2. The molecule has 2 atom stereocenters. The summed E-state index contributed by atoms with van der Waals surface area (Å²) < 4.78 is 1.26. The predicted molar refractivity (Wildman–Crippen MR) is 176 cm³/mol. The van der Waals surface area contributed by atoms with Gasteiger partial charge in [-0.3, -0.25) is 10.1 Å². The zero-order valence-electron chi connectivity index (χ0n) is 27.0. The van der Waals surface area contributed by atoms with E-state index in [1.807, 2.05) is 13.0 Å². The van der Waals surface area contributed by atoms with E-state index in [4.69, 9.17) is 4.98 Å². The third-order valence-corrected chi connectivity index (χ3v) is 8.11. The Balaban J connectivity index is 2.05. The van der Waals surface area contributed by atoms with E-state index in [1.54, 1.807) is 18.2 Å². The van der Waals surface area contributed by atoms with Crippen LogP contribution >= 0.6 is 0 Å².